The molecule has 1 saturated carbocycles. The molecule has 0 radical (unpaired) electrons. The Hall–Kier alpha value is -2.34. The molecule has 0 spiro atoms. The minimum Gasteiger partial charge on any atom is -0.376 e. The highest BCUT2D eigenvalue weighted by atomic mass is 16.5. The van der Waals surface area contributed by atoms with Gasteiger partial charge < -0.3 is 15.0 Å². The van der Waals surface area contributed by atoms with E-state index in [9.17, 15) is 4.79 Å². The summed E-state index contributed by atoms with van der Waals surface area (Å²) in [5.74, 6) is 0.591. The molecule has 3 aliphatic rings. The number of nitrogens with zero attached hydrogens (tertiary/aromatic N) is 3. The highest BCUT2D eigenvalue weighted by molar-refractivity contribution is 6.04. The number of hydrogen-bond acceptors (Lipinski definition) is 4. The highest BCUT2D eigenvalue weighted by Gasteiger charge is 2.29. The van der Waals surface area contributed by atoms with Crippen molar-refractivity contribution in [2.24, 2.45) is 5.92 Å². The molecule has 1 amide bonds. The Balaban J connectivity index is 1.41. The zero-order valence-electron chi connectivity index (χ0n) is 15.8. The van der Waals surface area contributed by atoms with Crippen molar-refractivity contribution < 1.29 is 9.53 Å². The first kappa shape index (κ1) is 16.8. The van der Waals surface area contributed by atoms with Crippen LogP contribution in [0.5, 0.6) is 0 Å². The second-order valence-electron chi connectivity index (χ2n) is 8.02. The molecule has 0 atom stereocenters. The lowest BCUT2D eigenvalue weighted by atomic mass is 10.0. The molecule has 1 fully saturated rings. The second kappa shape index (κ2) is 6.68. The molecule has 6 nitrogen and oxygen atoms in total. The number of aromatic nitrogens is 2. The smallest absolute Gasteiger partial charge is 0.276 e. The van der Waals surface area contributed by atoms with Crippen LogP contribution in [-0.4, -0.2) is 35.9 Å². The van der Waals surface area contributed by atoms with Gasteiger partial charge in [0, 0.05) is 49.2 Å². The average molecular weight is 366 g/mol. The number of aryl methyl sites for hydroxylation is 1. The molecule has 3 heterocycles. The summed E-state index contributed by atoms with van der Waals surface area (Å²) in [4.78, 5) is 15.3. The summed E-state index contributed by atoms with van der Waals surface area (Å²) in [5.41, 5.74) is 6.06. The molecule has 0 saturated heterocycles. The zero-order valence-corrected chi connectivity index (χ0v) is 15.8. The van der Waals surface area contributed by atoms with Crippen LogP contribution in [0.2, 0.25) is 0 Å². The Morgan fingerprint density at radius 2 is 2.22 bits per heavy atom. The Kier molecular flexibility index (Phi) is 4.16. The summed E-state index contributed by atoms with van der Waals surface area (Å²) in [7, 11) is 2.11. The van der Waals surface area contributed by atoms with Crippen LogP contribution in [0.4, 0.5) is 11.4 Å². The molecule has 0 unspecified atom stereocenters. The zero-order chi connectivity index (χ0) is 18.4. The second-order valence-corrected chi connectivity index (χ2v) is 8.02. The minimum atomic E-state index is -0.135. The van der Waals surface area contributed by atoms with Gasteiger partial charge >= 0.3 is 0 Å². The van der Waals surface area contributed by atoms with Crippen LogP contribution in [0.15, 0.2) is 18.2 Å². The maximum absolute atomic E-state index is 13.0. The van der Waals surface area contributed by atoms with Crippen LogP contribution in [0.1, 0.15) is 46.6 Å². The van der Waals surface area contributed by atoms with E-state index in [0.29, 0.717) is 18.9 Å². The van der Waals surface area contributed by atoms with Crippen LogP contribution in [-0.2, 0) is 30.7 Å². The fourth-order valence-electron chi connectivity index (χ4n) is 4.21. The molecule has 2 aromatic rings. The largest absolute Gasteiger partial charge is 0.376 e. The van der Waals surface area contributed by atoms with E-state index in [-0.39, 0.29) is 5.91 Å². The van der Waals surface area contributed by atoms with Crippen molar-refractivity contribution in [3.05, 3.63) is 40.7 Å². The molecule has 0 bridgehead atoms. The first-order valence-corrected chi connectivity index (χ1v) is 10.0. The van der Waals surface area contributed by atoms with Crippen LogP contribution in [0.25, 0.3) is 0 Å². The van der Waals surface area contributed by atoms with Crippen LogP contribution in [0.3, 0.4) is 0 Å². The van der Waals surface area contributed by atoms with Crippen molar-refractivity contribution in [1.29, 1.82) is 0 Å². The summed E-state index contributed by atoms with van der Waals surface area (Å²) in [6.07, 6.45) is 5.67. The van der Waals surface area contributed by atoms with Gasteiger partial charge in [0.2, 0.25) is 0 Å². The lowest BCUT2D eigenvalue weighted by Crippen LogP contribution is -2.25. The predicted octanol–water partition coefficient (Wildman–Crippen LogP) is 3.00. The van der Waals surface area contributed by atoms with Gasteiger partial charge in [0.1, 0.15) is 0 Å². The lowest BCUT2D eigenvalue weighted by molar-refractivity contribution is 0.0984. The van der Waals surface area contributed by atoms with E-state index in [2.05, 4.69) is 39.2 Å². The molecule has 5 rings (SSSR count). The third-order valence-electron chi connectivity index (χ3n) is 5.93. The number of rotatable bonds is 4. The lowest BCUT2D eigenvalue weighted by Gasteiger charge is -2.28. The fraction of sp³-hybridized carbons (Fsp3) is 0.524. The minimum absolute atomic E-state index is 0.135. The maximum Gasteiger partial charge on any atom is 0.276 e. The topological polar surface area (TPSA) is 59.4 Å². The molecule has 2 aliphatic heterocycles. The van der Waals surface area contributed by atoms with Crippen LogP contribution in [0, 0.1) is 5.92 Å². The van der Waals surface area contributed by atoms with Gasteiger partial charge in [-0.25, -0.2) is 0 Å². The van der Waals surface area contributed by atoms with Gasteiger partial charge in [0.15, 0.2) is 5.69 Å². The number of nitrogens with one attached hydrogen (secondary N) is 1. The summed E-state index contributed by atoms with van der Waals surface area (Å²) in [5, 5.41) is 7.75. The number of anilines is 2. The Morgan fingerprint density at radius 1 is 1.33 bits per heavy atom. The highest BCUT2D eigenvalue weighted by Crippen LogP contribution is 2.33. The molecule has 27 heavy (non-hydrogen) atoms. The summed E-state index contributed by atoms with van der Waals surface area (Å²) < 4.78 is 7.68. The predicted molar refractivity (Wildman–Crippen MR) is 104 cm³/mol. The number of carbonyl (C=O) groups is 1. The SMILES string of the molecule is CN1CCCc2ccc(NC(=O)c3nn(CC4CC4)c4c3COCC4)cc21. The van der Waals surface area contributed by atoms with Gasteiger partial charge in [-0.1, -0.05) is 6.07 Å². The van der Waals surface area contributed by atoms with Gasteiger partial charge in [0.05, 0.1) is 13.2 Å². The molecular weight excluding hydrogens is 340 g/mol. The monoisotopic (exact) mass is 366 g/mol. The van der Waals surface area contributed by atoms with E-state index in [4.69, 9.17) is 4.74 Å². The van der Waals surface area contributed by atoms with Gasteiger partial charge in [-0.15, -0.1) is 0 Å². The number of ether oxygens (including phenoxy) is 1. The van der Waals surface area contributed by atoms with E-state index >= 15 is 0 Å². The molecule has 142 valence electrons. The summed E-state index contributed by atoms with van der Waals surface area (Å²) in [6, 6.07) is 6.21. The number of benzene rings is 1. The number of hydrogen-bond donors (Lipinski definition) is 1. The molecule has 1 aromatic heterocycles. The first-order valence-electron chi connectivity index (χ1n) is 10.0. The van der Waals surface area contributed by atoms with E-state index in [0.717, 1.165) is 43.1 Å². The Bertz CT molecular complexity index is 885. The van der Waals surface area contributed by atoms with E-state index in [1.807, 2.05) is 6.07 Å². The quantitative estimate of drug-likeness (QED) is 0.904. The van der Waals surface area contributed by atoms with Crippen molar-refractivity contribution in [2.45, 2.75) is 45.3 Å². The van der Waals surface area contributed by atoms with E-state index in [1.165, 1.54) is 36.2 Å². The third-order valence-corrected chi connectivity index (χ3v) is 5.93. The van der Waals surface area contributed by atoms with Crippen molar-refractivity contribution in [3.63, 3.8) is 0 Å². The van der Waals surface area contributed by atoms with E-state index < -0.39 is 0 Å². The van der Waals surface area contributed by atoms with Crippen LogP contribution >= 0.6 is 0 Å². The van der Waals surface area contributed by atoms with E-state index in [1.54, 1.807) is 0 Å². The van der Waals surface area contributed by atoms with Crippen molar-refractivity contribution in [2.75, 3.05) is 30.4 Å². The standard InChI is InChI=1S/C21H26N4O2/c1-24-9-2-3-15-6-7-16(11-19(15)24)22-21(26)20-17-13-27-10-8-18(17)25(23-20)12-14-4-5-14/h6-7,11,14H,2-5,8-10,12-13H2,1H3,(H,22,26). The summed E-state index contributed by atoms with van der Waals surface area (Å²) >= 11 is 0. The van der Waals surface area contributed by atoms with Gasteiger partial charge in [-0.05, 0) is 49.3 Å². The fourth-order valence-corrected chi connectivity index (χ4v) is 4.21. The van der Waals surface area contributed by atoms with Gasteiger partial charge in [0.25, 0.3) is 5.91 Å². The van der Waals surface area contributed by atoms with Crippen molar-refractivity contribution in [3.8, 4) is 0 Å². The van der Waals surface area contributed by atoms with Crippen LogP contribution < -0.4 is 10.2 Å². The van der Waals surface area contributed by atoms with Gasteiger partial charge in [-0.3, -0.25) is 9.48 Å². The average Bonchev–Trinajstić information content (AvgIpc) is 3.42. The Morgan fingerprint density at radius 3 is 3.07 bits per heavy atom. The molecule has 6 heteroatoms. The maximum atomic E-state index is 13.0. The number of amides is 1. The van der Waals surface area contributed by atoms with Crippen molar-refractivity contribution >= 4 is 17.3 Å². The number of fused-ring (bicyclic) bond motifs is 2. The summed E-state index contributed by atoms with van der Waals surface area (Å²) in [6.45, 7) is 3.18. The Labute approximate surface area is 159 Å². The first-order chi connectivity index (χ1) is 13.2. The molecule has 1 aliphatic carbocycles. The number of carbonyl (C=O) groups excluding carboxylic acids is 1. The molecule has 1 N–H and O–H groups in total. The normalized spacial score (nSPS) is 18.8. The van der Waals surface area contributed by atoms with Gasteiger partial charge in [-0.2, -0.15) is 5.10 Å². The third kappa shape index (κ3) is 3.23. The molecular formula is C21H26N4O2. The van der Waals surface area contributed by atoms with Crippen molar-refractivity contribution in [1.82, 2.24) is 9.78 Å². The molecule has 1 aromatic carbocycles.